The number of hydrogen-bond donors (Lipinski definition) is 1. The fourth-order valence-electron chi connectivity index (χ4n) is 3.02. The third kappa shape index (κ3) is 1.88. The van der Waals surface area contributed by atoms with Crippen molar-refractivity contribution in [2.24, 2.45) is 12.8 Å². The Balaban J connectivity index is 2.14. The molecule has 0 aliphatic heterocycles. The summed E-state index contributed by atoms with van der Waals surface area (Å²) < 4.78 is 3.22. The Bertz CT molecular complexity index is 582. The van der Waals surface area contributed by atoms with Crippen molar-refractivity contribution in [3.8, 4) is 0 Å². The van der Waals surface area contributed by atoms with Gasteiger partial charge in [-0.05, 0) is 31.0 Å². The second-order valence-corrected chi connectivity index (χ2v) is 6.26. The first kappa shape index (κ1) is 12.2. The lowest BCUT2D eigenvalue weighted by Gasteiger charge is -2.32. The third-order valence-electron chi connectivity index (χ3n) is 4.03. The van der Waals surface area contributed by atoms with Gasteiger partial charge in [0.25, 0.3) is 0 Å². The maximum Gasteiger partial charge on any atom is 0.129 e. The Kier molecular flexibility index (Phi) is 2.94. The van der Waals surface area contributed by atoms with Crippen LogP contribution in [0.5, 0.6) is 0 Å². The van der Waals surface area contributed by atoms with Crippen LogP contribution in [0.3, 0.4) is 0 Å². The zero-order chi connectivity index (χ0) is 12.8. The quantitative estimate of drug-likeness (QED) is 0.877. The van der Waals surface area contributed by atoms with Crippen LogP contribution in [0.15, 0.2) is 22.7 Å². The Hall–Kier alpha value is -0.870. The van der Waals surface area contributed by atoms with E-state index in [0.29, 0.717) is 0 Å². The van der Waals surface area contributed by atoms with Gasteiger partial charge in [0.2, 0.25) is 0 Å². The molecule has 18 heavy (non-hydrogen) atoms. The molecule has 0 bridgehead atoms. The summed E-state index contributed by atoms with van der Waals surface area (Å²) in [5.74, 6) is 1.04. The molecule has 1 aliphatic rings. The van der Waals surface area contributed by atoms with Gasteiger partial charge in [-0.25, -0.2) is 4.98 Å². The average molecular weight is 308 g/mol. The maximum atomic E-state index is 6.59. The molecular formula is C14H18BrN3. The van der Waals surface area contributed by atoms with Crippen LogP contribution in [-0.2, 0) is 12.6 Å². The summed E-state index contributed by atoms with van der Waals surface area (Å²) in [5.41, 5.74) is 8.53. The van der Waals surface area contributed by atoms with E-state index in [1.165, 1.54) is 19.3 Å². The number of hydrogen-bond acceptors (Lipinski definition) is 2. The van der Waals surface area contributed by atoms with E-state index >= 15 is 0 Å². The molecule has 96 valence electrons. The minimum atomic E-state index is -0.238. The Morgan fingerprint density at radius 1 is 1.28 bits per heavy atom. The highest BCUT2D eigenvalue weighted by Gasteiger charge is 2.33. The number of nitrogens with zero attached hydrogens (tertiary/aromatic N) is 2. The highest BCUT2D eigenvalue weighted by molar-refractivity contribution is 9.10. The fraction of sp³-hybridized carbons (Fsp3) is 0.500. The highest BCUT2D eigenvalue weighted by Crippen LogP contribution is 2.35. The van der Waals surface area contributed by atoms with Gasteiger partial charge in [0.1, 0.15) is 5.82 Å². The van der Waals surface area contributed by atoms with Gasteiger partial charge in [0.15, 0.2) is 0 Å². The molecule has 0 spiro atoms. The molecule has 1 fully saturated rings. The molecule has 0 amide bonds. The summed E-state index contributed by atoms with van der Waals surface area (Å²) in [7, 11) is 2.07. The van der Waals surface area contributed by atoms with Gasteiger partial charge < -0.3 is 10.3 Å². The van der Waals surface area contributed by atoms with E-state index in [4.69, 9.17) is 10.7 Å². The summed E-state index contributed by atoms with van der Waals surface area (Å²) in [6.45, 7) is 0. The van der Waals surface area contributed by atoms with Gasteiger partial charge in [0.05, 0.1) is 16.6 Å². The van der Waals surface area contributed by atoms with E-state index in [-0.39, 0.29) is 5.54 Å². The third-order valence-corrected chi connectivity index (χ3v) is 4.53. The predicted octanol–water partition coefficient (Wildman–Crippen LogP) is 3.45. The lowest BCUT2D eigenvalue weighted by molar-refractivity contribution is 0.282. The van der Waals surface area contributed by atoms with Crippen molar-refractivity contribution in [1.29, 1.82) is 0 Å². The van der Waals surface area contributed by atoms with E-state index in [9.17, 15) is 0 Å². The van der Waals surface area contributed by atoms with E-state index < -0.39 is 0 Å². The minimum Gasteiger partial charge on any atom is -0.330 e. The van der Waals surface area contributed by atoms with Crippen LogP contribution in [0.4, 0.5) is 0 Å². The highest BCUT2D eigenvalue weighted by atomic mass is 79.9. The first-order valence-electron chi connectivity index (χ1n) is 6.51. The number of aryl methyl sites for hydroxylation is 1. The molecule has 2 aromatic rings. The van der Waals surface area contributed by atoms with Crippen molar-refractivity contribution in [2.45, 2.75) is 37.6 Å². The summed E-state index contributed by atoms with van der Waals surface area (Å²) in [5, 5.41) is 0. The topological polar surface area (TPSA) is 43.8 Å². The number of halogens is 1. The largest absolute Gasteiger partial charge is 0.330 e. The second kappa shape index (κ2) is 4.35. The lowest BCUT2D eigenvalue weighted by Crippen LogP contribution is -2.41. The Morgan fingerprint density at radius 3 is 2.72 bits per heavy atom. The first-order chi connectivity index (χ1) is 8.60. The molecule has 0 atom stereocenters. The normalized spacial score (nSPS) is 19.3. The van der Waals surface area contributed by atoms with E-state index in [1.54, 1.807) is 0 Å². The lowest BCUT2D eigenvalue weighted by atomic mass is 9.82. The van der Waals surface area contributed by atoms with Gasteiger partial charge >= 0.3 is 0 Å². The number of benzene rings is 1. The minimum absolute atomic E-state index is 0.238. The van der Waals surface area contributed by atoms with Crippen LogP contribution >= 0.6 is 15.9 Å². The van der Waals surface area contributed by atoms with Gasteiger partial charge in [-0.1, -0.05) is 35.2 Å². The van der Waals surface area contributed by atoms with Crippen LogP contribution < -0.4 is 5.73 Å². The zero-order valence-corrected chi connectivity index (χ0v) is 12.2. The first-order valence-corrected chi connectivity index (χ1v) is 7.31. The molecule has 1 saturated carbocycles. The molecule has 2 N–H and O–H groups in total. The van der Waals surface area contributed by atoms with Crippen molar-refractivity contribution >= 4 is 27.0 Å². The van der Waals surface area contributed by atoms with Gasteiger partial charge in [-0.2, -0.15) is 0 Å². The maximum absolute atomic E-state index is 6.59. The molecule has 3 rings (SSSR count). The molecule has 0 unspecified atom stereocenters. The molecule has 0 saturated heterocycles. The summed E-state index contributed by atoms with van der Waals surface area (Å²) in [4.78, 5) is 4.78. The van der Waals surface area contributed by atoms with Gasteiger partial charge in [0, 0.05) is 11.5 Å². The van der Waals surface area contributed by atoms with Crippen molar-refractivity contribution in [1.82, 2.24) is 9.55 Å². The summed E-state index contributed by atoms with van der Waals surface area (Å²) >= 11 is 3.50. The zero-order valence-electron chi connectivity index (χ0n) is 10.6. The average Bonchev–Trinajstić information content (AvgIpc) is 2.68. The molecule has 4 heteroatoms. The van der Waals surface area contributed by atoms with Gasteiger partial charge in [-0.3, -0.25) is 0 Å². The van der Waals surface area contributed by atoms with E-state index in [2.05, 4.69) is 45.7 Å². The Morgan fingerprint density at radius 2 is 2.00 bits per heavy atom. The van der Waals surface area contributed by atoms with Crippen molar-refractivity contribution in [2.75, 3.05) is 0 Å². The van der Waals surface area contributed by atoms with Crippen LogP contribution in [0.25, 0.3) is 11.0 Å². The summed E-state index contributed by atoms with van der Waals surface area (Å²) in [6.07, 6.45) is 5.82. The van der Waals surface area contributed by atoms with Crippen LogP contribution in [0, 0.1) is 0 Å². The van der Waals surface area contributed by atoms with Crippen molar-refractivity contribution < 1.29 is 0 Å². The van der Waals surface area contributed by atoms with Crippen LogP contribution in [-0.4, -0.2) is 9.55 Å². The molecule has 1 aromatic heterocycles. The molecule has 1 aliphatic carbocycles. The molecular weight excluding hydrogens is 290 g/mol. The van der Waals surface area contributed by atoms with Crippen LogP contribution in [0.1, 0.15) is 37.9 Å². The number of nitrogens with two attached hydrogens (primary N) is 1. The van der Waals surface area contributed by atoms with E-state index in [1.807, 2.05) is 0 Å². The number of aromatic nitrogens is 2. The molecule has 3 nitrogen and oxygen atoms in total. The van der Waals surface area contributed by atoms with Crippen molar-refractivity contribution in [3.63, 3.8) is 0 Å². The monoisotopic (exact) mass is 307 g/mol. The van der Waals surface area contributed by atoms with Crippen LogP contribution in [0.2, 0.25) is 0 Å². The van der Waals surface area contributed by atoms with Gasteiger partial charge in [-0.15, -0.1) is 0 Å². The molecule has 0 radical (unpaired) electrons. The standard InChI is InChI=1S/C14H18BrN3/c1-18-12-6-5-10(15)9-11(12)17-13(18)14(16)7-3-2-4-8-14/h5-6,9H,2-4,7-8,16H2,1H3. The smallest absolute Gasteiger partial charge is 0.129 e. The second-order valence-electron chi connectivity index (χ2n) is 5.34. The SMILES string of the molecule is Cn1c(C2(N)CCCCC2)nc2cc(Br)ccc21. The van der Waals surface area contributed by atoms with E-state index in [0.717, 1.165) is 34.2 Å². The van der Waals surface area contributed by atoms with Crippen molar-refractivity contribution in [3.05, 3.63) is 28.5 Å². The number of imidazole rings is 1. The fourth-order valence-corrected chi connectivity index (χ4v) is 3.37. The molecule has 1 aromatic carbocycles. The predicted molar refractivity (Wildman–Crippen MR) is 77.4 cm³/mol. The number of rotatable bonds is 1. The molecule has 1 heterocycles. The summed E-state index contributed by atoms with van der Waals surface area (Å²) in [6, 6.07) is 6.21. The number of fused-ring (bicyclic) bond motifs is 1. The Labute approximate surface area is 116 Å².